The molecular weight excluding hydrogens is 298 g/mol. The summed E-state index contributed by atoms with van der Waals surface area (Å²) >= 11 is 1.04. The Morgan fingerprint density at radius 3 is 2.90 bits per heavy atom. The third kappa shape index (κ3) is 4.41. The van der Waals surface area contributed by atoms with Crippen molar-refractivity contribution in [2.75, 3.05) is 18.5 Å². The van der Waals surface area contributed by atoms with Crippen LogP contribution in [0.2, 0.25) is 0 Å². The molecule has 1 fully saturated rings. The third-order valence-corrected chi connectivity index (χ3v) is 5.87. The molecular formula is C12H21N3O3S2. The van der Waals surface area contributed by atoms with E-state index in [-0.39, 0.29) is 4.21 Å². The lowest BCUT2D eigenvalue weighted by Gasteiger charge is -2.28. The van der Waals surface area contributed by atoms with Crippen molar-refractivity contribution in [1.29, 1.82) is 0 Å². The minimum absolute atomic E-state index is 0.0711. The summed E-state index contributed by atoms with van der Waals surface area (Å²) in [6, 6.07) is 0. The fourth-order valence-corrected chi connectivity index (χ4v) is 3.85. The fourth-order valence-electron chi connectivity index (χ4n) is 2.37. The van der Waals surface area contributed by atoms with Crippen LogP contribution in [0.1, 0.15) is 32.6 Å². The normalized spacial score (nSPS) is 23.7. The predicted molar refractivity (Wildman–Crippen MR) is 79.3 cm³/mol. The van der Waals surface area contributed by atoms with Crippen LogP contribution in [-0.4, -0.2) is 32.7 Å². The van der Waals surface area contributed by atoms with Crippen LogP contribution in [0, 0.1) is 5.92 Å². The summed E-state index contributed by atoms with van der Waals surface area (Å²) in [4.78, 5) is 3.97. The van der Waals surface area contributed by atoms with Crippen LogP contribution in [0.3, 0.4) is 0 Å². The molecule has 2 rings (SSSR count). The summed E-state index contributed by atoms with van der Waals surface area (Å²) in [6.45, 7) is 3.44. The molecule has 1 saturated carbocycles. The quantitative estimate of drug-likeness (QED) is 0.780. The van der Waals surface area contributed by atoms with Gasteiger partial charge in [0.2, 0.25) is 10.0 Å². The van der Waals surface area contributed by atoms with E-state index in [4.69, 9.17) is 9.88 Å². The molecule has 20 heavy (non-hydrogen) atoms. The molecule has 0 saturated heterocycles. The molecule has 2 unspecified atom stereocenters. The molecule has 8 heteroatoms. The number of anilines is 1. The maximum absolute atomic E-state index is 11.1. The van der Waals surface area contributed by atoms with E-state index in [1.165, 1.54) is 25.5 Å². The molecule has 1 aromatic rings. The number of nitrogens with one attached hydrogen (secondary N) is 1. The van der Waals surface area contributed by atoms with E-state index in [9.17, 15) is 8.42 Å². The highest BCUT2D eigenvalue weighted by atomic mass is 32.2. The van der Waals surface area contributed by atoms with Gasteiger partial charge in [-0.3, -0.25) is 0 Å². The fraction of sp³-hybridized carbons (Fsp3) is 0.750. The number of ether oxygens (including phenoxy) is 1. The SMILES string of the molecule is CC1CCCCC1OCCNc1ncc(S(N)(=O)=O)s1. The van der Waals surface area contributed by atoms with E-state index in [0.717, 1.165) is 17.8 Å². The molecule has 6 nitrogen and oxygen atoms in total. The third-order valence-electron chi connectivity index (χ3n) is 3.51. The molecule has 114 valence electrons. The lowest BCUT2D eigenvalue weighted by Crippen LogP contribution is -2.27. The van der Waals surface area contributed by atoms with Gasteiger partial charge < -0.3 is 10.1 Å². The van der Waals surface area contributed by atoms with E-state index in [2.05, 4.69) is 17.2 Å². The van der Waals surface area contributed by atoms with Gasteiger partial charge in [0.1, 0.15) is 0 Å². The van der Waals surface area contributed by atoms with Gasteiger partial charge in [-0.2, -0.15) is 0 Å². The average molecular weight is 319 g/mol. The Kier molecular flexibility index (Phi) is 5.36. The van der Waals surface area contributed by atoms with Gasteiger partial charge in [0.25, 0.3) is 0 Å². The van der Waals surface area contributed by atoms with Gasteiger partial charge in [0, 0.05) is 6.54 Å². The Morgan fingerprint density at radius 2 is 2.25 bits per heavy atom. The Morgan fingerprint density at radius 1 is 1.50 bits per heavy atom. The summed E-state index contributed by atoms with van der Waals surface area (Å²) < 4.78 is 28.2. The van der Waals surface area contributed by atoms with Crippen molar-refractivity contribution in [3.63, 3.8) is 0 Å². The van der Waals surface area contributed by atoms with Crippen LogP contribution in [0.15, 0.2) is 10.4 Å². The zero-order valence-corrected chi connectivity index (χ0v) is 13.2. The highest BCUT2D eigenvalue weighted by molar-refractivity contribution is 7.91. The molecule has 0 radical (unpaired) electrons. The van der Waals surface area contributed by atoms with Crippen molar-refractivity contribution >= 4 is 26.5 Å². The second-order valence-corrected chi connectivity index (χ2v) is 7.95. The van der Waals surface area contributed by atoms with E-state index < -0.39 is 10.0 Å². The maximum atomic E-state index is 11.1. The van der Waals surface area contributed by atoms with Crippen LogP contribution in [0.4, 0.5) is 5.13 Å². The van der Waals surface area contributed by atoms with Gasteiger partial charge >= 0.3 is 0 Å². The lowest BCUT2D eigenvalue weighted by atomic mass is 9.88. The molecule has 1 heterocycles. The van der Waals surface area contributed by atoms with Crippen LogP contribution in [-0.2, 0) is 14.8 Å². The number of aromatic nitrogens is 1. The first-order valence-corrected chi connectivity index (χ1v) is 9.17. The standard InChI is InChI=1S/C12H21N3O3S2/c1-9-4-2-3-5-10(9)18-7-6-14-12-15-8-11(19-12)20(13,16)17/h8-10H,2-7H2,1H3,(H,14,15)(H2,13,16,17). The van der Waals surface area contributed by atoms with Gasteiger partial charge in [0.15, 0.2) is 9.34 Å². The minimum Gasteiger partial charge on any atom is -0.376 e. The zero-order valence-electron chi connectivity index (χ0n) is 11.5. The molecule has 1 aliphatic rings. The number of nitrogens with zero attached hydrogens (tertiary/aromatic N) is 1. The number of hydrogen-bond acceptors (Lipinski definition) is 6. The van der Waals surface area contributed by atoms with Crippen molar-refractivity contribution in [1.82, 2.24) is 4.98 Å². The number of primary sulfonamides is 1. The number of hydrogen-bond donors (Lipinski definition) is 2. The summed E-state index contributed by atoms with van der Waals surface area (Å²) in [7, 11) is -3.65. The number of sulfonamides is 1. The first-order valence-electron chi connectivity index (χ1n) is 6.81. The Hall–Kier alpha value is -0.700. The zero-order chi connectivity index (χ0) is 14.6. The van der Waals surface area contributed by atoms with E-state index in [1.807, 2.05) is 0 Å². The summed E-state index contributed by atoms with van der Waals surface area (Å²) in [6.07, 6.45) is 6.53. The minimum atomic E-state index is -3.65. The summed E-state index contributed by atoms with van der Waals surface area (Å²) in [5.41, 5.74) is 0. The van der Waals surface area contributed by atoms with E-state index in [1.54, 1.807) is 0 Å². The Bertz CT molecular complexity index is 530. The average Bonchev–Trinajstić information content (AvgIpc) is 2.85. The topological polar surface area (TPSA) is 94.3 Å². The predicted octanol–water partition coefficient (Wildman–Crippen LogP) is 1.80. The first kappa shape index (κ1) is 15.7. The number of rotatable bonds is 6. The molecule has 1 aliphatic carbocycles. The number of nitrogens with two attached hydrogens (primary N) is 1. The van der Waals surface area contributed by atoms with Crippen LogP contribution in [0.5, 0.6) is 0 Å². The van der Waals surface area contributed by atoms with Crippen LogP contribution >= 0.6 is 11.3 Å². The van der Waals surface area contributed by atoms with Gasteiger partial charge in [-0.1, -0.05) is 31.1 Å². The van der Waals surface area contributed by atoms with Gasteiger partial charge in [-0.25, -0.2) is 18.5 Å². The van der Waals surface area contributed by atoms with Gasteiger partial charge in [-0.15, -0.1) is 0 Å². The maximum Gasteiger partial charge on any atom is 0.249 e. The molecule has 0 spiro atoms. The van der Waals surface area contributed by atoms with Gasteiger partial charge in [-0.05, 0) is 18.8 Å². The molecule has 0 aliphatic heterocycles. The highest BCUT2D eigenvalue weighted by Crippen LogP contribution is 2.26. The second kappa shape index (κ2) is 6.84. The first-order chi connectivity index (χ1) is 9.47. The Labute approximate surface area is 123 Å². The smallest absolute Gasteiger partial charge is 0.249 e. The molecule has 0 aromatic carbocycles. The van der Waals surface area contributed by atoms with Crippen molar-refractivity contribution < 1.29 is 13.2 Å². The molecule has 0 bridgehead atoms. The van der Waals surface area contributed by atoms with Crippen LogP contribution in [0.25, 0.3) is 0 Å². The van der Waals surface area contributed by atoms with Crippen molar-refractivity contribution in [3.05, 3.63) is 6.20 Å². The van der Waals surface area contributed by atoms with E-state index in [0.29, 0.717) is 30.3 Å². The summed E-state index contributed by atoms with van der Waals surface area (Å²) in [5, 5.41) is 8.63. The molecule has 1 aromatic heterocycles. The van der Waals surface area contributed by atoms with Crippen molar-refractivity contribution in [2.24, 2.45) is 11.1 Å². The second-order valence-electron chi connectivity index (χ2n) is 5.13. The highest BCUT2D eigenvalue weighted by Gasteiger charge is 2.21. The monoisotopic (exact) mass is 319 g/mol. The Balaban J connectivity index is 1.72. The van der Waals surface area contributed by atoms with Crippen molar-refractivity contribution in [3.8, 4) is 0 Å². The van der Waals surface area contributed by atoms with E-state index >= 15 is 0 Å². The molecule has 0 amide bonds. The molecule has 3 N–H and O–H groups in total. The lowest BCUT2D eigenvalue weighted by molar-refractivity contribution is 0.000392. The van der Waals surface area contributed by atoms with Gasteiger partial charge in [0.05, 0.1) is 18.9 Å². The van der Waals surface area contributed by atoms with Crippen molar-refractivity contribution in [2.45, 2.75) is 42.9 Å². The largest absolute Gasteiger partial charge is 0.376 e. The molecule has 2 atom stereocenters. The van der Waals surface area contributed by atoms with Crippen LogP contribution < -0.4 is 10.5 Å². The summed E-state index contributed by atoms with van der Waals surface area (Å²) in [5.74, 6) is 0.623. The number of thiazole rings is 1.